The lowest BCUT2D eigenvalue weighted by molar-refractivity contribution is 0.456. The van der Waals surface area contributed by atoms with Gasteiger partial charge in [0, 0.05) is 17.1 Å². The number of halogens is 1. The average molecular weight is 302 g/mol. The van der Waals surface area contributed by atoms with Crippen LogP contribution in [0.5, 0.6) is 0 Å². The van der Waals surface area contributed by atoms with Crippen molar-refractivity contribution in [1.29, 1.82) is 0 Å². The summed E-state index contributed by atoms with van der Waals surface area (Å²) in [4.78, 5) is 0. The lowest BCUT2D eigenvalue weighted by Gasteiger charge is -2.24. The van der Waals surface area contributed by atoms with Crippen LogP contribution in [-0.4, -0.2) is 0 Å². The van der Waals surface area contributed by atoms with Crippen LogP contribution in [0.2, 0.25) is 5.02 Å². The molecular formula is C19H24ClN. The van der Waals surface area contributed by atoms with Crippen LogP contribution >= 0.6 is 11.6 Å². The number of rotatable bonds is 6. The molecule has 1 N–H and O–H groups in total. The Morgan fingerprint density at radius 1 is 1.00 bits per heavy atom. The molecule has 1 unspecified atom stereocenters. The maximum atomic E-state index is 6.29. The van der Waals surface area contributed by atoms with E-state index in [2.05, 4.69) is 56.4 Å². The van der Waals surface area contributed by atoms with Crippen molar-refractivity contribution < 1.29 is 0 Å². The van der Waals surface area contributed by atoms with Gasteiger partial charge < -0.3 is 5.32 Å². The minimum atomic E-state index is 0.231. The van der Waals surface area contributed by atoms with Crippen molar-refractivity contribution in [1.82, 2.24) is 5.32 Å². The molecule has 1 nitrogen and oxygen atoms in total. The number of hydrogen-bond acceptors (Lipinski definition) is 1. The maximum Gasteiger partial charge on any atom is 0.0453 e. The van der Waals surface area contributed by atoms with Crippen LogP contribution in [-0.2, 0) is 6.42 Å². The fraction of sp³-hybridized carbons (Fsp3) is 0.368. The van der Waals surface area contributed by atoms with Crippen LogP contribution in [0.25, 0.3) is 0 Å². The molecule has 2 heteroatoms. The van der Waals surface area contributed by atoms with Gasteiger partial charge in [0.15, 0.2) is 0 Å². The summed E-state index contributed by atoms with van der Waals surface area (Å²) in [5.41, 5.74) is 3.88. The van der Waals surface area contributed by atoms with Crippen LogP contribution < -0.4 is 5.32 Å². The highest BCUT2D eigenvalue weighted by Gasteiger charge is 2.15. The van der Waals surface area contributed by atoms with Crippen molar-refractivity contribution >= 4 is 11.6 Å². The van der Waals surface area contributed by atoms with E-state index in [0.29, 0.717) is 6.04 Å². The number of aryl methyl sites for hydroxylation is 1. The second-order valence-electron chi connectivity index (χ2n) is 5.47. The van der Waals surface area contributed by atoms with Crippen molar-refractivity contribution in [2.45, 2.75) is 45.7 Å². The molecule has 0 heterocycles. The molecule has 0 fully saturated rings. The van der Waals surface area contributed by atoms with Crippen molar-refractivity contribution in [3.63, 3.8) is 0 Å². The molecular weight excluding hydrogens is 278 g/mol. The van der Waals surface area contributed by atoms with Crippen molar-refractivity contribution in [3.05, 3.63) is 70.2 Å². The topological polar surface area (TPSA) is 12.0 Å². The Bertz CT molecular complexity index is 562. The molecule has 0 amide bonds. The molecule has 2 rings (SSSR count). The number of hydrogen-bond donors (Lipinski definition) is 1. The zero-order chi connectivity index (χ0) is 15.2. The highest BCUT2D eigenvalue weighted by Crippen LogP contribution is 2.26. The third-order valence-corrected chi connectivity index (χ3v) is 4.37. The molecule has 2 aromatic carbocycles. The second kappa shape index (κ2) is 7.63. The Morgan fingerprint density at radius 2 is 1.67 bits per heavy atom. The fourth-order valence-electron chi connectivity index (χ4n) is 2.65. The van der Waals surface area contributed by atoms with Gasteiger partial charge in [-0.25, -0.2) is 0 Å². The summed E-state index contributed by atoms with van der Waals surface area (Å²) in [5, 5.41) is 4.52. The monoisotopic (exact) mass is 301 g/mol. The van der Waals surface area contributed by atoms with Gasteiger partial charge in [-0.2, -0.15) is 0 Å². The van der Waals surface area contributed by atoms with Gasteiger partial charge in [0.05, 0.1) is 0 Å². The Balaban J connectivity index is 2.13. The summed E-state index contributed by atoms with van der Waals surface area (Å²) >= 11 is 6.29. The molecule has 0 bridgehead atoms. The summed E-state index contributed by atoms with van der Waals surface area (Å²) in [6.45, 7) is 6.57. The molecule has 0 spiro atoms. The first-order chi connectivity index (χ1) is 10.2. The van der Waals surface area contributed by atoms with Crippen molar-refractivity contribution in [2.24, 2.45) is 0 Å². The van der Waals surface area contributed by atoms with Crippen molar-refractivity contribution in [2.75, 3.05) is 0 Å². The maximum absolute atomic E-state index is 6.29. The molecule has 112 valence electrons. The molecule has 0 aliphatic heterocycles. The average Bonchev–Trinajstić information content (AvgIpc) is 2.53. The molecule has 0 aliphatic carbocycles. The van der Waals surface area contributed by atoms with E-state index in [0.717, 1.165) is 23.4 Å². The third-order valence-electron chi connectivity index (χ3n) is 4.02. The zero-order valence-corrected chi connectivity index (χ0v) is 13.8. The Labute approximate surface area is 133 Å². The quantitative estimate of drug-likeness (QED) is 0.721. The molecule has 0 aliphatic rings. The normalized spacial score (nSPS) is 13.9. The summed E-state index contributed by atoms with van der Waals surface area (Å²) < 4.78 is 0. The second-order valence-corrected chi connectivity index (χ2v) is 5.87. The molecule has 0 saturated heterocycles. The molecule has 2 atom stereocenters. The highest BCUT2D eigenvalue weighted by molar-refractivity contribution is 6.31. The van der Waals surface area contributed by atoms with Crippen LogP contribution in [0.1, 0.15) is 56.0 Å². The molecule has 2 aromatic rings. The Hall–Kier alpha value is -1.31. The van der Waals surface area contributed by atoms with E-state index in [1.807, 2.05) is 18.2 Å². The number of benzene rings is 2. The molecule has 21 heavy (non-hydrogen) atoms. The third kappa shape index (κ3) is 4.09. The lowest BCUT2D eigenvalue weighted by atomic mass is 9.99. The Kier molecular flexibility index (Phi) is 5.84. The summed E-state index contributed by atoms with van der Waals surface area (Å²) in [7, 11) is 0. The lowest BCUT2D eigenvalue weighted by Crippen LogP contribution is -2.24. The van der Waals surface area contributed by atoms with Gasteiger partial charge in [-0.15, -0.1) is 0 Å². The van der Waals surface area contributed by atoms with Gasteiger partial charge in [0.2, 0.25) is 0 Å². The van der Waals surface area contributed by atoms with Crippen LogP contribution in [0.3, 0.4) is 0 Å². The smallest absolute Gasteiger partial charge is 0.0453 e. The Morgan fingerprint density at radius 3 is 2.24 bits per heavy atom. The van der Waals surface area contributed by atoms with Gasteiger partial charge in [0.1, 0.15) is 0 Å². The van der Waals surface area contributed by atoms with Gasteiger partial charge >= 0.3 is 0 Å². The largest absolute Gasteiger partial charge is 0.303 e. The zero-order valence-electron chi connectivity index (χ0n) is 13.1. The van der Waals surface area contributed by atoms with Crippen molar-refractivity contribution in [3.8, 4) is 0 Å². The van der Waals surface area contributed by atoms with E-state index in [-0.39, 0.29) is 6.04 Å². The van der Waals surface area contributed by atoms with E-state index >= 15 is 0 Å². The molecule has 0 saturated carbocycles. The standard InChI is InChI=1S/C19H24ClN/c1-4-15-10-12-16(13-11-15)19(5-2)21-14(3)17-8-6-7-9-18(17)20/h6-14,19,21H,4-5H2,1-3H3/t14-,19?/m1/s1. The summed E-state index contributed by atoms with van der Waals surface area (Å²) in [6.07, 6.45) is 2.14. The SMILES string of the molecule is CCc1ccc(C(CC)N[C@H](C)c2ccccc2Cl)cc1. The van der Waals surface area contributed by atoms with Gasteiger partial charge in [-0.1, -0.05) is 67.9 Å². The summed E-state index contributed by atoms with van der Waals surface area (Å²) in [5.74, 6) is 0. The first kappa shape index (κ1) is 16.1. The van der Waals surface area contributed by atoms with Gasteiger partial charge in [-0.05, 0) is 42.5 Å². The van der Waals surface area contributed by atoms with E-state index in [4.69, 9.17) is 11.6 Å². The predicted molar refractivity (Wildman–Crippen MR) is 91.9 cm³/mol. The minimum Gasteiger partial charge on any atom is -0.303 e. The van der Waals surface area contributed by atoms with Crippen LogP contribution in [0.15, 0.2) is 48.5 Å². The van der Waals surface area contributed by atoms with Crippen LogP contribution in [0.4, 0.5) is 0 Å². The fourth-order valence-corrected chi connectivity index (χ4v) is 2.95. The number of nitrogens with one attached hydrogen (secondary N) is 1. The predicted octanol–water partition coefficient (Wildman–Crippen LogP) is 5.70. The molecule has 0 aromatic heterocycles. The van der Waals surface area contributed by atoms with E-state index in [1.165, 1.54) is 11.1 Å². The van der Waals surface area contributed by atoms with E-state index in [1.54, 1.807) is 0 Å². The molecule has 0 radical (unpaired) electrons. The van der Waals surface area contributed by atoms with E-state index in [9.17, 15) is 0 Å². The summed E-state index contributed by atoms with van der Waals surface area (Å²) in [6, 6.07) is 17.5. The first-order valence-electron chi connectivity index (χ1n) is 7.75. The van der Waals surface area contributed by atoms with E-state index < -0.39 is 0 Å². The first-order valence-corrected chi connectivity index (χ1v) is 8.12. The highest BCUT2D eigenvalue weighted by atomic mass is 35.5. The van der Waals surface area contributed by atoms with Gasteiger partial charge in [0.25, 0.3) is 0 Å². The minimum absolute atomic E-state index is 0.231. The van der Waals surface area contributed by atoms with Crippen LogP contribution in [0, 0.1) is 0 Å². The van der Waals surface area contributed by atoms with Gasteiger partial charge in [-0.3, -0.25) is 0 Å².